The van der Waals surface area contributed by atoms with Crippen molar-refractivity contribution < 1.29 is 9.18 Å². The number of carbonyl (C=O) groups is 1. The minimum absolute atomic E-state index is 0.0569. The van der Waals surface area contributed by atoms with Crippen molar-refractivity contribution in [3.8, 4) is 0 Å². The highest BCUT2D eigenvalue weighted by Crippen LogP contribution is 2.18. The zero-order chi connectivity index (χ0) is 16.9. The number of nitrogens with one attached hydrogen (secondary N) is 1. The zero-order valence-electron chi connectivity index (χ0n) is 13.4. The van der Waals surface area contributed by atoms with E-state index >= 15 is 0 Å². The van der Waals surface area contributed by atoms with Gasteiger partial charge >= 0.3 is 0 Å². The van der Waals surface area contributed by atoms with Gasteiger partial charge in [-0.1, -0.05) is 40.2 Å². The molecule has 1 aliphatic heterocycles. The van der Waals surface area contributed by atoms with E-state index in [0.29, 0.717) is 11.0 Å². The molecule has 0 atom stereocenters. The van der Waals surface area contributed by atoms with Crippen LogP contribution in [-0.4, -0.2) is 23.9 Å². The van der Waals surface area contributed by atoms with Crippen LogP contribution in [0.4, 0.5) is 4.39 Å². The summed E-state index contributed by atoms with van der Waals surface area (Å²) in [7, 11) is 0. The van der Waals surface area contributed by atoms with Gasteiger partial charge in [0.15, 0.2) is 0 Å². The van der Waals surface area contributed by atoms with Gasteiger partial charge in [0.1, 0.15) is 5.82 Å². The van der Waals surface area contributed by atoms with Crippen LogP contribution in [0.3, 0.4) is 0 Å². The van der Waals surface area contributed by atoms with Gasteiger partial charge in [-0.05, 0) is 55.3 Å². The van der Waals surface area contributed by atoms with Gasteiger partial charge in [-0.3, -0.25) is 9.69 Å². The number of rotatable bonds is 5. The van der Waals surface area contributed by atoms with E-state index in [9.17, 15) is 9.18 Å². The van der Waals surface area contributed by atoms with Crippen LogP contribution < -0.4 is 5.32 Å². The molecule has 0 bridgehead atoms. The summed E-state index contributed by atoms with van der Waals surface area (Å²) in [4.78, 5) is 14.7. The van der Waals surface area contributed by atoms with Crippen LogP contribution in [-0.2, 0) is 13.1 Å². The standard InChI is InChI=1S/C19H20BrFN2O/c20-16-7-8-18(21)17(11-16)19(24)22-12-14-5-1-2-6-15(14)13-23-9-3-4-10-23/h1-2,5-8,11H,3-4,9-10,12-13H2,(H,22,24). The van der Waals surface area contributed by atoms with Crippen molar-refractivity contribution in [1.82, 2.24) is 10.2 Å². The molecule has 1 N–H and O–H groups in total. The molecule has 3 rings (SSSR count). The summed E-state index contributed by atoms with van der Waals surface area (Å²) < 4.78 is 14.5. The quantitative estimate of drug-likeness (QED) is 0.832. The molecule has 2 aromatic rings. The minimum atomic E-state index is -0.513. The van der Waals surface area contributed by atoms with E-state index in [0.717, 1.165) is 25.2 Å². The SMILES string of the molecule is O=C(NCc1ccccc1CN1CCCC1)c1cc(Br)ccc1F. The molecule has 5 heteroatoms. The minimum Gasteiger partial charge on any atom is -0.348 e. The van der Waals surface area contributed by atoms with Crippen LogP contribution in [0, 0.1) is 5.82 Å². The molecule has 1 heterocycles. The van der Waals surface area contributed by atoms with Crippen LogP contribution in [0.2, 0.25) is 0 Å². The van der Waals surface area contributed by atoms with Crippen LogP contribution >= 0.6 is 15.9 Å². The van der Waals surface area contributed by atoms with Crippen molar-refractivity contribution in [3.05, 3.63) is 69.4 Å². The molecule has 0 aliphatic carbocycles. The molecule has 0 aromatic heterocycles. The Morgan fingerprint density at radius 3 is 2.58 bits per heavy atom. The predicted octanol–water partition coefficient (Wildman–Crippen LogP) is 4.11. The summed E-state index contributed by atoms with van der Waals surface area (Å²) in [5.41, 5.74) is 2.35. The monoisotopic (exact) mass is 390 g/mol. The second-order valence-corrected chi connectivity index (χ2v) is 6.97. The van der Waals surface area contributed by atoms with Crippen molar-refractivity contribution in [2.75, 3.05) is 13.1 Å². The summed E-state index contributed by atoms with van der Waals surface area (Å²) >= 11 is 3.27. The Morgan fingerprint density at radius 1 is 1.12 bits per heavy atom. The van der Waals surface area contributed by atoms with Gasteiger partial charge in [0, 0.05) is 17.6 Å². The van der Waals surface area contributed by atoms with Crippen molar-refractivity contribution in [2.45, 2.75) is 25.9 Å². The summed E-state index contributed by atoms with van der Waals surface area (Å²) in [6.07, 6.45) is 2.50. The number of benzene rings is 2. The van der Waals surface area contributed by atoms with E-state index in [2.05, 4.69) is 32.2 Å². The number of nitrogens with zero attached hydrogens (tertiary/aromatic N) is 1. The van der Waals surface area contributed by atoms with Crippen molar-refractivity contribution >= 4 is 21.8 Å². The molecule has 24 heavy (non-hydrogen) atoms. The Balaban J connectivity index is 1.67. The Hall–Kier alpha value is -1.72. The van der Waals surface area contributed by atoms with Crippen LogP contribution in [0.1, 0.15) is 34.3 Å². The highest BCUT2D eigenvalue weighted by molar-refractivity contribution is 9.10. The molecule has 1 saturated heterocycles. The fourth-order valence-corrected chi connectivity index (χ4v) is 3.37. The molecule has 0 unspecified atom stereocenters. The van der Waals surface area contributed by atoms with Gasteiger partial charge in [-0.15, -0.1) is 0 Å². The molecule has 126 valence electrons. The number of likely N-dealkylation sites (tertiary alicyclic amines) is 1. The third kappa shape index (κ3) is 4.22. The maximum atomic E-state index is 13.8. The topological polar surface area (TPSA) is 32.3 Å². The van der Waals surface area contributed by atoms with E-state index in [4.69, 9.17) is 0 Å². The second-order valence-electron chi connectivity index (χ2n) is 6.06. The van der Waals surface area contributed by atoms with Crippen LogP contribution in [0.25, 0.3) is 0 Å². The number of halogens is 2. The van der Waals surface area contributed by atoms with E-state index in [-0.39, 0.29) is 5.56 Å². The highest BCUT2D eigenvalue weighted by atomic mass is 79.9. The number of hydrogen-bond donors (Lipinski definition) is 1. The second kappa shape index (κ2) is 7.90. The first-order chi connectivity index (χ1) is 11.6. The van der Waals surface area contributed by atoms with Gasteiger partial charge in [-0.25, -0.2) is 4.39 Å². The van der Waals surface area contributed by atoms with Gasteiger partial charge in [0.25, 0.3) is 5.91 Å². The van der Waals surface area contributed by atoms with Crippen LogP contribution in [0.15, 0.2) is 46.9 Å². The maximum Gasteiger partial charge on any atom is 0.254 e. The first-order valence-electron chi connectivity index (χ1n) is 8.16. The molecule has 3 nitrogen and oxygen atoms in total. The van der Waals surface area contributed by atoms with E-state index < -0.39 is 11.7 Å². The van der Waals surface area contributed by atoms with E-state index in [1.54, 1.807) is 6.07 Å². The van der Waals surface area contributed by atoms with Crippen molar-refractivity contribution in [1.29, 1.82) is 0 Å². The predicted molar refractivity (Wildman–Crippen MR) is 96.2 cm³/mol. The van der Waals surface area contributed by atoms with Gasteiger partial charge in [-0.2, -0.15) is 0 Å². The first kappa shape index (κ1) is 17.1. The molecular weight excluding hydrogens is 371 g/mol. The molecule has 1 aliphatic rings. The van der Waals surface area contributed by atoms with Crippen LogP contribution in [0.5, 0.6) is 0 Å². The van der Waals surface area contributed by atoms with Gasteiger partial charge in [0.05, 0.1) is 5.56 Å². The number of carbonyl (C=O) groups excluding carboxylic acids is 1. The number of hydrogen-bond acceptors (Lipinski definition) is 2. The summed E-state index contributed by atoms with van der Waals surface area (Å²) in [6, 6.07) is 12.5. The lowest BCUT2D eigenvalue weighted by Crippen LogP contribution is -2.25. The Labute approximate surface area is 150 Å². The Bertz CT molecular complexity index is 729. The molecular formula is C19H20BrFN2O. The average Bonchev–Trinajstić information content (AvgIpc) is 3.09. The molecule has 0 radical (unpaired) electrons. The van der Waals surface area contributed by atoms with Crippen molar-refractivity contribution in [3.63, 3.8) is 0 Å². The van der Waals surface area contributed by atoms with E-state index in [1.165, 1.54) is 30.5 Å². The molecule has 1 amide bonds. The number of amides is 1. The molecule has 1 fully saturated rings. The smallest absolute Gasteiger partial charge is 0.254 e. The van der Waals surface area contributed by atoms with Crippen molar-refractivity contribution in [2.24, 2.45) is 0 Å². The largest absolute Gasteiger partial charge is 0.348 e. The zero-order valence-corrected chi connectivity index (χ0v) is 15.0. The lowest BCUT2D eigenvalue weighted by molar-refractivity contribution is 0.0946. The highest BCUT2D eigenvalue weighted by Gasteiger charge is 2.15. The molecule has 0 spiro atoms. The molecule has 2 aromatic carbocycles. The lowest BCUT2D eigenvalue weighted by atomic mass is 10.1. The Kier molecular flexibility index (Phi) is 5.63. The van der Waals surface area contributed by atoms with Gasteiger partial charge in [0.2, 0.25) is 0 Å². The summed E-state index contributed by atoms with van der Waals surface area (Å²) in [5, 5.41) is 2.83. The first-order valence-corrected chi connectivity index (χ1v) is 8.95. The third-order valence-electron chi connectivity index (χ3n) is 4.32. The molecule has 0 saturated carbocycles. The Morgan fingerprint density at radius 2 is 1.83 bits per heavy atom. The maximum absolute atomic E-state index is 13.8. The lowest BCUT2D eigenvalue weighted by Gasteiger charge is -2.17. The van der Waals surface area contributed by atoms with E-state index in [1.807, 2.05) is 18.2 Å². The normalized spacial score (nSPS) is 14.8. The van der Waals surface area contributed by atoms with Gasteiger partial charge < -0.3 is 5.32 Å². The fraction of sp³-hybridized carbons (Fsp3) is 0.316. The summed E-state index contributed by atoms with van der Waals surface area (Å²) in [5.74, 6) is -0.911. The fourth-order valence-electron chi connectivity index (χ4n) is 3.01. The summed E-state index contributed by atoms with van der Waals surface area (Å²) in [6.45, 7) is 3.56. The average molecular weight is 391 g/mol. The third-order valence-corrected chi connectivity index (χ3v) is 4.82.